The van der Waals surface area contributed by atoms with Crippen LogP contribution < -0.4 is 5.43 Å². The summed E-state index contributed by atoms with van der Waals surface area (Å²) in [5.41, 5.74) is -0.316. The molecule has 1 aromatic heterocycles. The second-order valence-corrected chi connectivity index (χ2v) is 5.49. The number of benzene rings is 1. The molecule has 100 valence electrons. The van der Waals surface area contributed by atoms with E-state index in [1.807, 2.05) is 0 Å². The SMILES string of the molecule is CSc1[nH]c2c(Cl)cc(Cl)c(O)c2c(=O)c1C(C)=O. The number of phenolic OH excluding ortho intramolecular Hbond substituents is 1. The molecule has 1 heterocycles. The summed E-state index contributed by atoms with van der Waals surface area (Å²) in [6.45, 7) is 1.29. The van der Waals surface area contributed by atoms with Crippen molar-refractivity contribution in [1.82, 2.24) is 4.98 Å². The first-order valence-electron chi connectivity index (χ1n) is 5.20. The van der Waals surface area contributed by atoms with Crippen LogP contribution in [0.2, 0.25) is 10.0 Å². The van der Waals surface area contributed by atoms with Gasteiger partial charge in [-0.25, -0.2) is 0 Å². The molecule has 2 N–H and O–H groups in total. The van der Waals surface area contributed by atoms with E-state index < -0.39 is 5.43 Å². The van der Waals surface area contributed by atoms with Crippen LogP contribution in [0.5, 0.6) is 5.75 Å². The van der Waals surface area contributed by atoms with E-state index >= 15 is 0 Å². The maximum atomic E-state index is 12.3. The third-order valence-electron chi connectivity index (χ3n) is 2.68. The van der Waals surface area contributed by atoms with Crippen molar-refractivity contribution < 1.29 is 9.90 Å². The van der Waals surface area contributed by atoms with Gasteiger partial charge in [-0.15, -0.1) is 11.8 Å². The number of carbonyl (C=O) groups is 1. The van der Waals surface area contributed by atoms with Crippen molar-refractivity contribution in [3.8, 4) is 5.75 Å². The molecule has 0 amide bonds. The average molecular weight is 318 g/mol. The first-order valence-corrected chi connectivity index (χ1v) is 7.18. The quantitative estimate of drug-likeness (QED) is 0.657. The smallest absolute Gasteiger partial charge is 0.205 e. The number of H-pyrrole nitrogens is 1. The molecule has 2 rings (SSSR count). The van der Waals surface area contributed by atoms with Gasteiger partial charge in [0.1, 0.15) is 5.75 Å². The van der Waals surface area contributed by atoms with Crippen molar-refractivity contribution in [2.24, 2.45) is 0 Å². The van der Waals surface area contributed by atoms with Crippen molar-refractivity contribution in [2.75, 3.05) is 6.26 Å². The number of thioether (sulfide) groups is 1. The average Bonchev–Trinajstić information content (AvgIpc) is 2.34. The van der Waals surface area contributed by atoms with Gasteiger partial charge in [0.25, 0.3) is 0 Å². The first kappa shape index (κ1) is 14.2. The van der Waals surface area contributed by atoms with Gasteiger partial charge in [0.15, 0.2) is 5.78 Å². The first-order chi connectivity index (χ1) is 8.88. The van der Waals surface area contributed by atoms with E-state index in [4.69, 9.17) is 23.2 Å². The molecule has 1 aromatic carbocycles. The van der Waals surface area contributed by atoms with Crippen LogP contribution >= 0.6 is 35.0 Å². The van der Waals surface area contributed by atoms with E-state index in [0.29, 0.717) is 5.03 Å². The molecule has 0 unspecified atom stereocenters. The zero-order chi connectivity index (χ0) is 14.3. The highest BCUT2D eigenvalue weighted by atomic mass is 35.5. The van der Waals surface area contributed by atoms with Gasteiger partial charge >= 0.3 is 0 Å². The minimum Gasteiger partial charge on any atom is -0.506 e. The summed E-state index contributed by atoms with van der Waals surface area (Å²) in [5, 5.41) is 10.4. The monoisotopic (exact) mass is 317 g/mol. The van der Waals surface area contributed by atoms with Gasteiger partial charge in [-0.3, -0.25) is 9.59 Å². The van der Waals surface area contributed by atoms with Crippen LogP contribution in [0.4, 0.5) is 0 Å². The number of fused-ring (bicyclic) bond motifs is 1. The number of ketones is 1. The Kier molecular flexibility index (Phi) is 3.80. The normalized spacial score (nSPS) is 10.9. The second kappa shape index (κ2) is 5.07. The fourth-order valence-corrected chi connectivity index (χ4v) is 2.98. The zero-order valence-corrected chi connectivity index (χ0v) is 12.3. The number of hydrogen-bond acceptors (Lipinski definition) is 4. The standard InChI is InChI=1S/C12H9Cl2NO3S/c1-4(16)7-11(18)8-9(15-12(7)19-2)5(13)3-6(14)10(8)17/h3,17H,1-2H3,(H,15,18). The molecule has 0 radical (unpaired) electrons. The Morgan fingerprint density at radius 3 is 2.53 bits per heavy atom. The Morgan fingerprint density at radius 2 is 2.00 bits per heavy atom. The highest BCUT2D eigenvalue weighted by Gasteiger charge is 2.20. The van der Waals surface area contributed by atoms with Crippen molar-refractivity contribution in [3.05, 3.63) is 31.9 Å². The number of aromatic amines is 1. The lowest BCUT2D eigenvalue weighted by Gasteiger charge is -2.10. The molecule has 7 heteroatoms. The third kappa shape index (κ3) is 2.22. The van der Waals surface area contributed by atoms with Crippen LogP contribution in [-0.2, 0) is 0 Å². The fraction of sp³-hybridized carbons (Fsp3) is 0.167. The van der Waals surface area contributed by atoms with Gasteiger partial charge in [-0.05, 0) is 19.2 Å². The van der Waals surface area contributed by atoms with E-state index in [9.17, 15) is 14.7 Å². The number of carbonyl (C=O) groups excluding carboxylic acids is 1. The van der Waals surface area contributed by atoms with Crippen LogP contribution in [0.1, 0.15) is 17.3 Å². The number of hydrogen-bond donors (Lipinski definition) is 2. The number of Topliss-reactive ketones (excluding diaryl/α,β-unsaturated/α-hetero) is 1. The second-order valence-electron chi connectivity index (χ2n) is 3.86. The number of aromatic nitrogens is 1. The largest absolute Gasteiger partial charge is 0.506 e. The maximum Gasteiger partial charge on any atom is 0.205 e. The summed E-state index contributed by atoms with van der Waals surface area (Å²) in [4.78, 5) is 26.8. The van der Waals surface area contributed by atoms with Crippen LogP contribution in [-0.4, -0.2) is 22.1 Å². The van der Waals surface area contributed by atoms with Gasteiger partial charge in [-0.1, -0.05) is 23.2 Å². The fourth-order valence-electron chi connectivity index (χ4n) is 1.83. The number of pyridine rings is 1. The lowest BCUT2D eigenvalue weighted by molar-refractivity contribution is 0.101. The number of phenols is 1. The molecule has 19 heavy (non-hydrogen) atoms. The van der Waals surface area contributed by atoms with Gasteiger partial charge in [-0.2, -0.15) is 0 Å². The zero-order valence-electron chi connectivity index (χ0n) is 10.0. The summed E-state index contributed by atoms with van der Waals surface area (Å²) < 4.78 is 0. The molecule has 0 fully saturated rings. The molecule has 0 spiro atoms. The lowest BCUT2D eigenvalue weighted by Crippen LogP contribution is -2.16. The summed E-state index contributed by atoms with van der Waals surface area (Å²) in [5.74, 6) is -0.763. The molecule has 0 saturated carbocycles. The molecule has 0 atom stereocenters. The van der Waals surface area contributed by atoms with E-state index in [2.05, 4.69) is 4.98 Å². The molecular weight excluding hydrogens is 309 g/mol. The molecule has 2 aromatic rings. The molecule has 0 saturated heterocycles. The highest BCUT2D eigenvalue weighted by Crippen LogP contribution is 2.36. The van der Waals surface area contributed by atoms with E-state index in [1.165, 1.54) is 24.8 Å². The summed E-state index contributed by atoms with van der Waals surface area (Å²) >= 11 is 13.0. The van der Waals surface area contributed by atoms with Crippen LogP contribution in [0, 0.1) is 0 Å². The number of nitrogens with one attached hydrogen (secondary N) is 1. The van der Waals surface area contributed by atoms with Crippen molar-refractivity contribution >= 4 is 51.6 Å². The van der Waals surface area contributed by atoms with E-state index in [1.54, 1.807) is 6.26 Å². The van der Waals surface area contributed by atoms with Gasteiger partial charge < -0.3 is 10.1 Å². The molecule has 0 aliphatic carbocycles. The van der Waals surface area contributed by atoms with Crippen molar-refractivity contribution in [2.45, 2.75) is 11.9 Å². The molecule has 0 aliphatic heterocycles. The van der Waals surface area contributed by atoms with Crippen LogP contribution in [0.3, 0.4) is 0 Å². The van der Waals surface area contributed by atoms with E-state index in [0.717, 1.165) is 0 Å². The minimum absolute atomic E-state index is 0.00590. The van der Waals surface area contributed by atoms with Crippen molar-refractivity contribution in [3.63, 3.8) is 0 Å². The van der Waals surface area contributed by atoms with Gasteiger partial charge in [0, 0.05) is 0 Å². The lowest BCUT2D eigenvalue weighted by atomic mass is 10.1. The molecule has 0 bridgehead atoms. The van der Waals surface area contributed by atoms with Crippen LogP contribution in [0.25, 0.3) is 10.9 Å². The van der Waals surface area contributed by atoms with Gasteiger partial charge in [0.05, 0.1) is 31.5 Å². The number of aromatic hydroxyl groups is 1. The highest BCUT2D eigenvalue weighted by molar-refractivity contribution is 7.98. The Labute approximate surface area is 122 Å². The maximum absolute atomic E-state index is 12.3. The Balaban J connectivity index is 3.10. The Bertz CT molecular complexity index is 755. The van der Waals surface area contributed by atoms with Crippen molar-refractivity contribution in [1.29, 1.82) is 0 Å². The topological polar surface area (TPSA) is 70.2 Å². The third-order valence-corrected chi connectivity index (χ3v) is 3.98. The Hall–Kier alpha value is -1.17. The van der Waals surface area contributed by atoms with Crippen LogP contribution in [0.15, 0.2) is 15.9 Å². The molecule has 4 nitrogen and oxygen atoms in total. The summed E-state index contributed by atoms with van der Waals surface area (Å²) in [6, 6.07) is 1.34. The Morgan fingerprint density at radius 1 is 1.37 bits per heavy atom. The predicted octanol–water partition coefficient (Wildman–Crippen LogP) is 3.47. The van der Waals surface area contributed by atoms with Gasteiger partial charge in [0.2, 0.25) is 5.43 Å². The number of rotatable bonds is 2. The summed E-state index contributed by atoms with van der Waals surface area (Å²) in [6.07, 6.45) is 1.73. The van der Waals surface area contributed by atoms with E-state index in [-0.39, 0.29) is 38.0 Å². The molecular formula is C12H9Cl2NO3S. The number of halogens is 2. The predicted molar refractivity (Wildman–Crippen MR) is 78.0 cm³/mol. The summed E-state index contributed by atoms with van der Waals surface area (Å²) in [7, 11) is 0. The minimum atomic E-state index is -0.576. The molecule has 0 aliphatic rings.